The van der Waals surface area contributed by atoms with E-state index >= 15 is 0 Å². The van der Waals surface area contributed by atoms with Crippen molar-refractivity contribution in [3.63, 3.8) is 0 Å². The van der Waals surface area contributed by atoms with Gasteiger partial charge < -0.3 is 14.7 Å². The number of hydrogen-bond donors (Lipinski definition) is 1. The number of carboxylic acids is 1. The highest BCUT2D eigenvalue weighted by Crippen LogP contribution is 2.11. The summed E-state index contributed by atoms with van der Waals surface area (Å²) in [5.74, 6) is 0.0908. The van der Waals surface area contributed by atoms with Gasteiger partial charge in [0.1, 0.15) is 12.4 Å². The number of hydrogen-bond acceptors (Lipinski definition) is 3. The summed E-state index contributed by atoms with van der Waals surface area (Å²) >= 11 is 0. The maximum atomic E-state index is 10.4. The Balaban J connectivity index is 2.21. The molecule has 0 spiro atoms. The van der Waals surface area contributed by atoms with Crippen LogP contribution in [0.15, 0.2) is 24.3 Å². The van der Waals surface area contributed by atoms with Crippen LogP contribution in [0.25, 0.3) is 0 Å². The Bertz CT molecular complexity index is 365. The Morgan fingerprint density at radius 3 is 2.82 bits per heavy atom. The SMILES string of the molecule is Cc1cccc(OCCN(C)CCC(=O)O)c1. The summed E-state index contributed by atoms with van der Waals surface area (Å²) < 4.78 is 5.58. The summed E-state index contributed by atoms with van der Waals surface area (Å²) in [6.07, 6.45) is 0.168. The van der Waals surface area contributed by atoms with Gasteiger partial charge in [0.2, 0.25) is 0 Å². The molecule has 0 saturated heterocycles. The largest absolute Gasteiger partial charge is 0.492 e. The molecule has 1 aromatic rings. The van der Waals surface area contributed by atoms with Crippen molar-refractivity contribution in [2.45, 2.75) is 13.3 Å². The predicted octanol–water partition coefficient (Wildman–Crippen LogP) is 1.78. The molecule has 17 heavy (non-hydrogen) atoms. The fraction of sp³-hybridized carbons (Fsp3) is 0.462. The summed E-state index contributed by atoms with van der Waals surface area (Å²) in [4.78, 5) is 12.3. The number of rotatable bonds is 7. The van der Waals surface area contributed by atoms with Crippen LogP contribution in [-0.2, 0) is 4.79 Å². The molecule has 0 amide bonds. The van der Waals surface area contributed by atoms with E-state index in [0.29, 0.717) is 13.2 Å². The normalized spacial score (nSPS) is 10.5. The smallest absolute Gasteiger partial charge is 0.304 e. The summed E-state index contributed by atoms with van der Waals surface area (Å²) in [6.45, 7) is 3.86. The van der Waals surface area contributed by atoms with Crippen LogP contribution in [0.5, 0.6) is 5.75 Å². The molecule has 1 N–H and O–H groups in total. The van der Waals surface area contributed by atoms with Crippen LogP contribution in [0.4, 0.5) is 0 Å². The topological polar surface area (TPSA) is 49.8 Å². The number of carboxylic acid groups (broad SMARTS) is 1. The van der Waals surface area contributed by atoms with Crippen LogP contribution in [0, 0.1) is 6.92 Å². The fourth-order valence-corrected chi connectivity index (χ4v) is 1.42. The molecule has 0 atom stereocenters. The van der Waals surface area contributed by atoms with Crippen molar-refractivity contribution in [1.82, 2.24) is 4.90 Å². The number of carbonyl (C=O) groups is 1. The minimum absolute atomic E-state index is 0.168. The molecule has 4 nitrogen and oxygen atoms in total. The van der Waals surface area contributed by atoms with Gasteiger partial charge in [-0.2, -0.15) is 0 Å². The standard InChI is InChI=1S/C13H19NO3/c1-11-4-3-5-12(10-11)17-9-8-14(2)7-6-13(15)16/h3-5,10H,6-9H2,1-2H3,(H,15,16). The van der Waals surface area contributed by atoms with Crippen molar-refractivity contribution in [1.29, 1.82) is 0 Å². The Hall–Kier alpha value is -1.55. The molecule has 0 aromatic heterocycles. The zero-order valence-electron chi connectivity index (χ0n) is 10.3. The number of ether oxygens (including phenoxy) is 1. The van der Waals surface area contributed by atoms with Crippen molar-refractivity contribution in [3.05, 3.63) is 29.8 Å². The van der Waals surface area contributed by atoms with Crippen molar-refractivity contribution in [3.8, 4) is 5.75 Å². The fourth-order valence-electron chi connectivity index (χ4n) is 1.42. The molecule has 0 aliphatic heterocycles. The van der Waals surface area contributed by atoms with E-state index in [9.17, 15) is 4.79 Å². The lowest BCUT2D eigenvalue weighted by Crippen LogP contribution is -2.26. The van der Waals surface area contributed by atoms with Crippen LogP contribution >= 0.6 is 0 Å². The Morgan fingerprint density at radius 2 is 2.18 bits per heavy atom. The highest BCUT2D eigenvalue weighted by Gasteiger charge is 2.02. The van der Waals surface area contributed by atoms with Crippen LogP contribution in [-0.4, -0.2) is 42.7 Å². The third kappa shape index (κ3) is 5.92. The second-order valence-electron chi connectivity index (χ2n) is 4.11. The van der Waals surface area contributed by atoms with Gasteiger partial charge in [0, 0.05) is 13.1 Å². The van der Waals surface area contributed by atoms with E-state index in [1.165, 1.54) is 5.56 Å². The number of nitrogens with zero attached hydrogens (tertiary/aromatic N) is 1. The summed E-state index contributed by atoms with van der Waals surface area (Å²) in [5, 5.41) is 8.54. The van der Waals surface area contributed by atoms with Gasteiger partial charge in [0.15, 0.2) is 0 Å². The van der Waals surface area contributed by atoms with E-state index in [1.807, 2.05) is 43.1 Å². The van der Waals surface area contributed by atoms with E-state index in [1.54, 1.807) is 0 Å². The molecule has 94 valence electrons. The van der Waals surface area contributed by atoms with Crippen molar-refractivity contribution in [2.75, 3.05) is 26.7 Å². The zero-order valence-corrected chi connectivity index (χ0v) is 10.3. The molecule has 0 bridgehead atoms. The average molecular weight is 237 g/mol. The third-order valence-electron chi connectivity index (χ3n) is 2.44. The van der Waals surface area contributed by atoms with E-state index in [4.69, 9.17) is 9.84 Å². The van der Waals surface area contributed by atoms with E-state index < -0.39 is 5.97 Å². The molecular weight excluding hydrogens is 218 g/mol. The van der Waals surface area contributed by atoms with Crippen LogP contribution in [0.1, 0.15) is 12.0 Å². The first-order valence-electron chi connectivity index (χ1n) is 5.68. The second-order valence-corrected chi connectivity index (χ2v) is 4.11. The van der Waals surface area contributed by atoms with Gasteiger partial charge in [-0.25, -0.2) is 0 Å². The minimum Gasteiger partial charge on any atom is -0.492 e. The molecule has 1 rings (SSSR count). The summed E-state index contributed by atoms with van der Waals surface area (Å²) in [7, 11) is 1.89. The van der Waals surface area contributed by atoms with E-state index in [2.05, 4.69) is 0 Å². The molecule has 0 fully saturated rings. The Kier molecular flexibility index (Phi) is 5.49. The molecule has 0 unspecified atom stereocenters. The van der Waals surface area contributed by atoms with Crippen LogP contribution < -0.4 is 4.74 Å². The maximum Gasteiger partial charge on any atom is 0.304 e. The van der Waals surface area contributed by atoms with Crippen molar-refractivity contribution >= 4 is 5.97 Å². The number of aliphatic carboxylic acids is 1. The maximum absolute atomic E-state index is 10.4. The quantitative estimate of drug-likeness (QED) is 0.785. The summed E-state index contributed by atoms with van der Waals surface area (Å²) in [5.41, 5.74) is 1.17. The van der Waals surface area contributed by atoms with Crippen molar-refractivity contribution < 1.29 is 14.6 Å². The molecule has 0 saturated carbocycles. The Morgan fingerprint density at radius 1 is 1.41 bits per heavy atom. The Labute approximate surface area is 102 Å². The highest BCUT2D eigenvalue weighted by molar-refractivity contribution is 5.66. The van der Waals surface area contributed by atoms with Gasteiger partial charge in [-0.3, -0.25) is 4.79 Å². The van der Waals surface area contributed by atoms with Crippen LogP contribution in [0.2, 0.25) is 0 Å². The van der Waals surface area contributed by atoms with E-state index in [0.717, 1.165) is 12.3 Å². The van der Waals surface area contributed by atoms with Crippen LogP contribution in [0.3, 0.4) is 0 Å². The molecule has 1 aromatic carbocycles. The first-order chi connectivity index (χ1) is 8.08. The average Bonchev–Trinajstić information content (AvgIpc) is 2.26. The zero-order chi connectivity index (χ0) is 12.7. The van der Waals surface area contributed by atoms with E-state index in [-0.39, 0.29) is 6.42 Å². The van der Waals surface area contributed by atoms with Gasteiger partial charge in [-0.05, 0) is 31.7 Å². The number of aryl methyl sites for hydroxylation is 1. The van der Waals surface area contributed by atoms with Gasteiger partial charge in [-0.1, -0.05) is 12.1 Å². The molecule has 0 aliphatic carbocycles. The van der Waals surface area contributed by atoms with Gasteiger partial charge in [0.25, 0.3) is 0 Å². The second kappa shape index (κ2) is 6.91. The lowest BCUT2D eigenvalue weighted by molar-refractivity contribution is -0.137. The first kappa shape index (κ1) is 13.5. The lowest BCUT2D eigenvalue weighted by Gasteiger charge is -2.15. The molecule has 0 radical (unpaired) electrons. The van der Waals surface area contributed by atoms with Gasteiger partial charge in [-0.15, -0.1) is 0 Å². The molecule has 0 heterocycles. The third-order valence-corrected chi connectivity index (χ3v) is 2.44. The minimum atomic E-state index is -0.767. The summed E-state index contributed by atoms with van der Waals surface area (Å²) in [6, 6.07) is 7.88. The molecule has 4 heteroatoms. The molecular formula is C13H19NO3. The lowest BCUT2D eigenvalue weighted by atomic mass is 10.2. The number of benzene rings is 1. The number of likely N-dealkylation sites (N-methyl/N-ethyl adjacent to an activating group) is 1. The highest BCUT2D eigenvalue weighted by atomic mass is 16.5. The predicted molar refractivity (Wildman–Crippen MR) is 66.4 cm³/mol. The van der Waals surface area contributed by atoms with Gasteiger partial charge >= 0.3 is 5.97 Å². The monoisotopic (exact) mass is 237 g/mol. The molecule has 0 aliphatic rings. The van der Waals surface area contributed by atoms with Crippen molar-refractivity contribution in [2.24, 2.45) is 0 Å². The van der Waals surface area contributed by atoms with Gasteiger partial charge in [0.05, 0.1) is 6.42 Å². The first-order valence-corrected chi connectivity index (χ1v) is 5.68.